The van der Waals surface area contributed by atoms with E-state index in [2.05, 4.69) is 4.98 Å². The fourth-order valence-corrected chi connectivity index (χ4v) is 1.01. The first kappa shape index (κ1) is 11.0. The van der Waals surface area contributed by atoms with Crippen LogP contribution in [0.5, 0.6) is 5.75 Å². The first-order chi connectivity index (χ1) is 4.75. The Bertz CT molecular complexity index is 222. The number of methoxy groups -OCH3 is 1. The summed E-state index contributed by atoms with van der Waals surface area (Å²) < 4.78 is 5.14. The van der Waals surface area contributed by atoms with Crippen molar-refractivity contribution in [3.63, 3.8) is 0 Å². The van der Waals surface area contributed by atoms with Gasteiger partial charge in [0.05, 0.1) is 7.11 Å². The van der Waals surface area contributed by atoms with Gasteiger partial charge in [-0.15, -0.1) is 0 Å². The van der Waals surface area contributed by atoms with Gasteiger partial charge >= 0.3 is 29.6 Å². The number of ether oxygens (including phenoxy) is 1. The summed E-state index contributed by atoms with van der Waals surface area (Å²) in [7, 11) is 1.68. The van der Waals surface area contributed by atoms with Crippen molar-refractivity contribution >= 4 is 0 Å². The summed E-state index contributed by atoms with van der Waals surface area (Å²) in [6, 6.07) is 0. The second-order valence-corrected chi connectivity index (χ2v) is 2.31. The fraction of sp³-hybridized carbons (Fsp3) is 0.375. The van der Waals surface area contributed by atoms with E-state index >= 15 is 0 Å². The van der Waals surface area contributed by atoms with Crippen LogP contribution in [0, 0.1) is 13.8 Å². The van der Waals surface area contributed by atoms with Crippen molar-refractivity contribution in [3.8, 4) is 5.75 Å². The van der Waals surface area contributed by atoms with Crippen molar-refractivity contribution in [2.24, 2.45) is 0 Å². The Balaban J connectivity index is 0. The van der Waals surface area contributed by atoms with Crippen LogP contribution in [0.3, 0.4) is 0 Å². The standard InChI is InChI=1S/C8H11NO.Na.H/c1-6-4-9-5-7(2)8(6)10-3;;/h4-5H,1-3H3;;/q;+1;-1. The van der Waals surface area contributed by atoms with Gasteiger partial charge in [-0.1, -0.05) is 0 Å². The molecule has 0 aromatic carbocycles. The largest absolute Gasteiger partial charge is 1.00 e. The zero-order chi connectivity index (χ0) is 7.56. The summed E-state index contributed by atoms with van der Waals surface area (Å²) in [5.74, 6) is 0.940. The minimum atomic E-state index is 0. The van der Waals surface area contributed by atoms with Crippen LogP contribution in [0.4, 0.5) is 0 Å². The van der Waals surface area contributed by atoms with Gasteiger partial charge in [0, 0.05) is 23.5 Å². The van der Waals surface area contributed by atoms with Gasteiger partial charge < -0.3 is 6.16 Å². The quantitative estimate of drug-likeness (QED) is 0.484. The molecule has 0 saturated carbocycles. The third-order valence-corrected chi connectivity index (χ3v) is 1.46. The van der Waals surface area contributed by atoms with Crippen LogP contribution >= 0.6 is 0 Å². The number of hydrogen-bond acceptors (Lipinski definition) is 2. The molecule has 11 heavy (non-hydrogen) atoms. The van der Waals surface area contributed by atoms with E-state index in [1.165, 1.54) is 0 Å². The molecule has 0 fully saturated rings. The summed E-state index contributed by atoms with van der Waals surface area (Å²) >= 11 is 0. The van der Waals surface area contributed by atoms with Gasteiger partial charge in [-0.3, -0.25) is 4.98 Å². The summed E-state index contributed by atoms with van der Waals surface area (Å²) in [4.78, 5) is 4.01. The van der Waals surface area contributed by atoms with E-state index in [9.17, 15) is 0 Å². The minimum Gasteiger partial charge on any atom is -1.00 e. The van der Waals surface area contributed by atoms with Crippen LogP contribution in [-0.4, -0.2) is 12.1 Å². The third kappa shape index (κ3) is 2.47. The van der Waals surface area contributed by atoms with Gasteiger partial charge in [-0.05, 0) is 13.8 Å². The van der Waals surface area contributed by atoms with Crippen LogP contribution in [-0.2, 0) is 0 Å². The number of pyridine rings is 1. The Kier molecular flexibility index (Phi) is 4.73. The van der Waals surface area contributed by atoms with E-state index in [0.717, 1.165) is 16.9 Å². The molecule has 0 saturated heterocycles. The van der Waals surface area contributed by atoms with Crippen LogP contribution < -0.4 is 34.3 Å². The van der Waals surface area contributed by atoms with Crippen molar-refractivity contribution in [2.75, 3.05) is 7.11 Å². The molecule has 0 aliphatic heterocycles. The van der Waals surface area contributed by atoms with Crippen LogP contribution in [0.2, 0.25) is 0 Å². The Labute approximate surface area is 90.8 Å². The summed E-state index contributed by atoms with van der Waals surface area (Å²) in [5.41, 5.74) is 2.17. The fourth-order valence-electron chi connectivity index (χ4n) is 1.01. The van der Waals surface area contributed by atoms with Crippen molar-refractivity contribution in [1.82, 2.24) is 4.98 Å². The van der Waals surface area contributed by atoms with E-state index in [4.69, 9.17) is 4.74 Å². The van der Waals surface area contributed by atoms with E-state index < -0.39 is 0 Å². The number of hydrogen-bond donors (Lipinski definition) is 0. The van der Waals surface area contributed by atoms with Crippen molar-refractivity contribution in [2.45, 2.75) is 13.8 Å². The molecule has 0 unspecified atom stereocenters. The van der Waals surface area contributed by atoms with E-state index in [-0.39, 0.29) is 31.0 Å². The van der Waals surface area contributed by atoms with Gasteiger partial charge in [0.1, 0.15) is 5.75 Å². The molecule has 0 N–H and O–H groups in total. The molecule has 0 aliphatic carbocycles. The van der Waals surface area contributed by atoms with Crippen molar-refractivity contribution < 1.29 is 35.7 Å². The van der Waals surface area contributed by atoms with Gasteiger partial charge in [-0.2, -0.15) is 0 Å². The molecule has 56 valence electrons. The van der Waals surface area contributed by atoms with Gasteiger partial charge in [0.2, 0.25) is 0 Å². The minimum absolute atomic E-state index is 0. The third-order valence-electron chi connectivity index (χ3n) is 1.46. The molecule has 0 atom stereocenters. The maximum Gasteiger partial charge on any atom is 1.00 e. The molecule has 0 bridgehead atoms. The Morgan fingerprint density at radius 3 is 2.00 bits per heavy atom. The first-order valence-corrected chi connectivity index (χ1v) is 3.21. The molecular formula is C8H12NNaO. The molecule has 1 rings (SSSR count). The SMILES string of the molecule is COc1c(C)cncc1C.[H-].[Na+]. The van der Waals surface area contributed by atoms with Crippen molar-refractivity contribution in [3.05, 3.63) is 23.5 Å². The Morgan fingerprint density at radius 2 is 1.73 bits per heavy atom. The summed E-state index contributed by atoms with van der Waals surface area (Å²) in [6.45, 7) is 3.97. The second-order valence-electron chi connectivity index (χ2n) is 2.31. The van der Waals surface area contributed by atoms with E-state index in [1.807, 2.05) is 13.8 Å². The maximum atomic E-state index is 5.14. The summed E-state index contributed by atoms with van der Waals surface area (Å²) in [5, 5.41) is 0. The van der Waals surface area contributed by atoms with Crippen LogP contribution in [0.15, 0.2) is 12.4 Å². The Hall–Kier alpha value is -0.0500. The molecule has 1 heterocycles. The molecule has 0 radical (unpaired) electrons. The number of nitrogens with zero attached hydrogens (tertiary/aromatic N) is 1. The van der Waals surface area contributed by atoms with Crippen LogP contribution in [0.1, 0.15) is 12.6 Å². The molecular weight excluding hydrogens is 149 g/mol. The average molecular weight is 161 g/mol. The van der Waals surface area contributed by atoms with E-state index in [1.54, 1.807) is 19.5 Å². The molecule has 0 amide bonds. The maximum absolute atomic E-state index is 5.14. The molecule has 1 aromatic heterocycles. The Morgan fingerprint density at radius 1 is 1.27 bits per heavy atom. The predicted octanol–water partition coefficient (Wildman–Crippen LogP) is -1.18. The molecule has 3 heteroatoms. The molecule has 0 aliphatic rings. The van der Waals surface area contributed by atoms with Gasteiger partial charge in [0.15, 0.2) is 0 Å². The zero-order valence-corrected chi connectivity index (χ0v) is 9.51. The van der Waals surface area contributed by atoms with Crippen LogP contribution in [0.25, 0.3) is 0 Å². The number of aromatic nitrogens is 1. The molecule has 0 spiro atoms. The second kappa shape index (κ2) is 4.75. The van der Waals surface area contributed by atoms with E-state index in [0.29, 0.717) is 0 Å². The number of aryl methyl sites for hydroxylation is 2. The first-order valence-electron chi connectivity index (χ1n) is 3.21. The molecule has 2 nitrogen and oxygen atoms in total. The monoisotopic (exact) mass is 161 g/mol. The van der Waals surface area contributed by atoms with Gasteiger partial charge in [0.25, 0.3) is 0 Å². The van der Waals surface area contributed by atoms with Crippen molar-refractivity contribution in [1.29, 1.82) is 0 Å². The predicted molar refractivity (Wildman–Crippen MR) is 41.4 cm³/mol. The summed E-state index contributed by atoms with van der Waals surface area (Å²) in [6.07, 6.45) is 3.59. The smallest absolute Gasteiger partial charge is 1.00 e. The van der Waals surface area contributed by atoms with Gasteiger partial charge in [-0.25, -0.2) is 0 Å². The topological polar surface area (TPSA) is 22.1 Å². The zero-order valence-electron chi connectivity index (χ0n) is 8.51. The number of rotatable bonds is 1. The average Bonchev–Trinajstić information content (AvgIpc) is 1.88. The molecule has 1 aromatic rings. The normalized spacial score (nSPS) is 8.64.